The van der Waals surface area contributed by atoms with Gasteiger partial charge in [0, 0.05) is 16.2 Å². The third kappa shape index (κ3) is 1.61. The Kier molecular flexibility index (Phi) is 2.61. The van der Waals surface area contributed by atoms with Gasteiger partial charge in [-0.15, -0.1) is 11.8 Å². The maximum absolute atomic E-state index is 3.53. The van der Waals surface area contributed by atoms with Gasteiger partial charge in [0.25, 0.3) is 0 Å². The normalized spacial score (nSPS) is 26.0. The molecule has 0 saturated heterocycles. The van der Waals surface area contributed by atoms with E-state index in [0.717, 1.165) is 6.54 Å². The van der Waals surface area contributed by atoms with E-state index < -0.39 is 0 Å². The summed E-state index contributed by atoms with van der Waals surface area (Å²) >= 11 is 1.98. The van der Waals surface area contributed by atoms with Crippen LogP contribution in [0.3, 0.4) is 0 Å². The molecule has 1 aromatic carbocycles. The second-order valence-electron chi connectivity index (χ2n) is 3.40. The van der Waals surface area contributed by atoms with E-state index in [-0.39, 0.29) is 0 Å². The molecular formula is C11H15NS. The first kappa shape index (κ1) is 9.10. The van der Waals surface area contributed by atoms with E-state index in [1.807, 2.05) is 11.8 Å². The molecule has 2 unspecified atom stereocenters. The van der Waals surface area contributed by atoms with Crippen LogP contribution >= 0.6 is 11.8 Å². The lowest BCUT2D eigenvalue weighted by molar-refractivity contribution is 0.553. The number of thioether (sulfide) groups is 1. The predicted molar refractivity (Wildman–Crippen MR) is 58.2 cm³/mol. The van der Waals surface area contributed by atoms with Gasteiger partial charge in [0.1, 0.15) is 0 Å². The minimum absolute atomic E-state index is 0.547. The molecule has 13 heavy (non-hydrogen) atoms. The van der Waals surface area contributed by atoms with Crippen LogP contribution in [0.25, 0.3) is 0 Å². The van der Waals surface area contributed by atoms with Crippen molar-refractivity contribution in [3.05, 3.63) is 29.8 Å². The van der Waals surface area contributed by atoms with Crippen molar-refractivity contribution in [2.75, 3.05) is 6.54 Å². The Bertz CT molecular complexity index is 298. The van der Waals surface area contributed by atoms with Gasteiger partial charge in [-0.1, -0.05) is 32.0 Å². The van der Waals surface area contributed by atoms with Crippen molar-refractivity contribution in [2.24, 2.45) is 0 Å². The van der Waals surface area contributed by atoms with Gasteiger partial charge >= 0.3 is 0 Å². The number of rotatable bonds is 2. The minimum atomic E-state index is 0.547. The summed E-state index contributed by atoms with van der Waals surface area (Å²) < 4.78 is 0. The topological polar surface area (TPSA) is 12.0 Å². The first-order valence-corrected chi connectivity index (χ1v) is 5.70. The molecule has 2 heteroatoms. The summed E-state index contributed by atoms with van der Waals surface area (Å²) in [5.74, 6) is 0. The number of hydrogen-bond acceptors (Lipinski definition) is 2. The van der Waals surface area contributed by atoms with E-state index in [2.05, 4.69) is 43.4 Å². The second-order valence-corrected chi connectivity index (χ2v) is 4.82. The molecular weight excluding hydrogens is 178 g/mol. The van der Waals surface area contributed by atoms with Crippen molar-refractivity contribution in [3.8, 4) is 0 Å². The Morgan fingerprint density at radius 2 is 2.15 bits per heavy atom. The highest BCUT2D eigenvalue weighted by Gasteiger charge is 2.28. The Morgan fingerprint density at radius 1 is 1.38 bits per heavy atom. The molecule has 1 N–H and O–H groups in total. The van der Waals surface area contributed by atoms with Gasteiger partial charge in [-0.25, -0.2) is 0 Å². The quantitative estimate of drug-likeness (QED) is 0.775. The van der Waals surface area contributed by atoms with Crippen LogP contribution in [0.15, 0.2) is 29.2 Å². The highest BCUT2D eigenvalue weighted by atomic mass is 32.2. The van der Waals surface area contributed by atoms with E-state index in [1.165, 1.54) is 10.5 Å². The average Bonchev–Trinajstić information content (AvgIpc) is 2.44. The molecule has 0 bridgehead atoms. The van der Waals surface area contributed by atoms with E-state index in [0.29, 0.717) is 11.3 Å². The number of hydrogen-bond donors (Lipinski definition) is 1. The highest BCUT2D eigenvalue weighted by molar-refractivity contribution is 8.00. The summed E-state index contributed by atoms with van der Waals surface area (Å²) in [6.45, 7) is 5.50. The van der Waals surface area contributed by atoms with Crippen molar-refractivity contribution < 1.29 is 0 Å². The molecule has 1 nitrogen and oxygen atoms in total. The van der Waals surface area contributed by atoms with Crippen LogP contribution in [0.4, 0.5) is 0 Å². The van der Waals surface area contributed by atoms with E-state index in [1.54, 1.807) is 0 Å². The lowest BCUT2D eigenvalue weighted by atomic mass is 10.1. The zero-order valence-corrected chi connectivity index (χ0v) is 8.90. The Balaban J connectivity index is 2.29. The maximum Gasteiger partial charge on any atom is 0.0452 e. The summed E-state index contributed by atoms with van der Waals surface area (Å²) in [5.41, 5.74) is 1.47. The molecule has 2 rings (SSSR count). The molecule has 1 heterocycles. The van der Waals surface area contributed by atoms with Crippen molar-refractivity contribution in [1.29, 1.82) is 0 Å². The van der Waals surface area contributed by atoms with Crippen LogP contribution in [0.1, 0.15) is 25.5 Å². The lowest BCUT2D eigenvalue weighted by Gasteiger charge is -2.16. The standard InChI is InChI=1S/C11H15NS/c1-3-12-11-8(2)13-10-7-5-4-6-9(10)11/h4-8,11-12H,3H2,1-2H3. The van der Waals surface area contributed by atoms with Gasteiger partial charge < -0.3 is 5.32 Å². The van der Waals surface area contributed by atoms with Crippen LogP contribution in [-0.2, 0) is 0 Å². The van der Waals surface area contributed by atoms with E-state index in [4.69, 9.17) is 0 Å². The van der Waals surface area contributed by atoms with Crippen LogP contribution in [0.5, 0.6) is 0 Å². The smallest absolute Gasteiger partial charge is 0.0452 e. The van der Waals surface area contributed by atoms with Crippen LogP contribution in [0.2, 0.25) is 0 Å². The maximum atomic E-state index is 3.53. The summed E-state index contributed by atoms with van der Waals surface area (Å²) in [4.78, 5) is 1.45. The Hall–Kier alpha value is -0.470. The molecule has 0 radical (unpaired) electrons. The molecule has 0 fully saturated rings. The van der Waals surface area contributed by atoms with Crippen molar-refractivity contribution in [2.45, 2.75) is 30.0 Å². The zero-order valence-electron chi connectivity index (χ0n) is 8.08. The number of benzene rings is 1. The van der Waals surface area contributed by atoms with Gasteiger partial charge in [-0.2, -0.15) is 0 Å². The fourth-order valence-electron chi connectivity index (χ4n) is 1.86. The van der Waals surface area contributed by atoms with Crippen molar-refractivity contribution in [3.63, 3.8) is 0 Å². The largest absolute Gasteiger partial charge is 0.309 e. The molecule has 1 aliphatic rings. The van der Waals surface area contributed by atoms with Gasteiger partial charge in [0.2, 0.25) is 0 Å². The molecule has 0 aliphatic carbocycles. The summed E-state index contributed by atoms with van der Waals surface area (Å²) in [7, 11) is 0. The summed E-state index contributed by atoms with van der Waals surface area (Å²) in [6.07, 6.45) is 0. The van der Waals surface area contributed by atoms with Crippen molar-refractivity contribution >= 4 is 11.8 Å². The molecule has 0 saturated carbocycles. The average molecular weight is 193 g/mol. The first-order valence-electron chi connectivity index (χ1n) is 4.82. The third-order valence-corrected chi connectivity index (χ3v) is 3.73. The summed E-state index contributed by atoms with van der Waals surface area (Å²) in [5, 5.41) is 4.19. The molecule has 0 spiro atoms. The molecule has 2 atom stereocenters. The predicted octanol–water partition coefficient (Wildman–Crippen LogP) is 2.83. The van der Waals surface area contributed by atoms with Gasteiger partial charge in [0.15, 0.2) is 0 Å². The van der Waals surface area contributed by atoms with Crippen molar-refractivity contribution in [1.82, 2.24) is 5.32 Å². The van der Waals surface area contributed by atoms with Crippen LogP contribution < -0.4 is 5.32 Å². The molecule has 1 aromatic rings. The van der Waals surface area contributed by atoms with Crippen LogP contribution in [0, 0.1) is 0 Å². The highest BCUT2D eigenvalue weighted by Crippen LogP contribution is 2.43. The van der Waals surface area contributed by atoms with E-state index >= 15 is 0 Å². The molecule has 0 amide bonds. The second kappa shape index (κ2) is 3.72. The fourth-order valence-corrected chi connectivity index (χ4v) is 3.13. The third-order valence-electron chi connectivity index (χ3n) is 2.46. The minimum Gasteiger partial charge on any atom is -0.309 e. The lowest BCUT2D eigenvalue weighted by Crippen LogP contribution is -2.25. The van der Waals surface area contributed by atoms with Gasteiger partial charge in [-0.05, 0) is 18.2 Å². The number of nitrogens with one attached hydrogen (secondary N) is 1. The molecule has 70 valence electrons. The monoisotopic (exact) mass is 193 g/mol. The summed E-state index contributed by atoms with van der Waals surface area (Å²) in [6, 6.07) is 9.24. The fraction of sp³-hybridized carbons (Fsp3) is 0.455. The zero-order chi connectivity index (χ0) is 9.26. The molecule has 1 aliphatic heterocycles. The first-order chi connectivity index (χ1) is 6.33. The molecule has 0 aromatic heterocycles. The Labute approximate surface area is 83.9 Å². The SMILES string of the molecule is CCNC1c2ccccc2SC1C. The Morgan fingerprint density at radius 3 is 2.92 bits per heavy atom. The number of fused-ring (bicyclic) bond motifs is 1. The van der Waals surface area contributed by atoms with E-state index in [9.17, 15) is 0 Å². The van der Waals surface area contributed by atoms with Gasteiger partial charge in [-0.3, -0.25) is 0 Å². The van der Waals surface area contributed by atoms with Gasteiger partial charge in [0.05, 0.1) is 0 Å². The van der Waals surface area contributed by atoms with Crippen LogP contribution in [-0.4, -0.2) is 11.8 Å².